The number of hydrogen-bond donors (Lipinski definition) is 2. The zero-order valence-corrected chi connectivity index (χ0v) is 15.5. The van der Waals surface area contributed by atoms with Crippen LogP contribution in [0.4, 0.5) is 10.5 Å². The third-order valence-electron chi connectivity index (χ3n) is 4.23. The Hall–Kier alpha value is -2.60. The zero-order valence-electron chi connectivity index (χ0n) is 13.9. The van der Waals surface area contributed by atoms with Crippen LogP contribution in [0, 0.1) is 0 Å². The molecule has 1 aliphatic heterocycles. The lowest BCUT2D eigenvalue weighted by Gasteiger charge is -2.33. The summed E-state index contributed by atoms with van der Waals surface area (Å²) in [5, 5.41) is 5.81. The lowest BCUT2D eigenvalue weighted by Crippen LogP contribution is -2.46. The Bertz CT molecular complexity index is 832. The van der Waals surface area contributed by atoms with Crippen molar-refractivity contribution in [3.8, 4) is 0 Å². The number of amides is 3. The summed E-state index contributed by atoms with van der Waals surface area (Å²) < 4.78 is 0.938. The van der Waals surface area contributed by atoms with E-state index in [0.29, 0.717) is 17.0 Å². The molecule has 1 unspecified atom stereocenters. The number of benzene rings is 2. The summed E-state index contributed by atoms with van der Waals surface area (Å²) in [5.41, 5.74) is 2.72. The molecule has 3 amide bonds. The largest absolute Gasteiger partial charge is 0.327 e. The van der Waals surface area contributed by atoms with E-state index < -0.39 is 6.04 Å². The van der Waals surface area contributed by atoms with Gasteiger partial charge in [-0.3, -0.25) is 4.79 Å². The molecule has 0 radical (unpaired) electrons. The maximum Gasteiger partial charge on any atom is 0.322 e. The van der Waals surface area contributed by atoms with Crippen molar-refractivity contribution in [2.45, 2.75) is 13.0 Å². The minimum Gasteiger partial charge on any atom is -0.327 e. The van der Waals surface area contributed by atoms with Gasteiger partial charge in [0.2, 0.25) is 0 Å². The predicted molar refractivity (Wildman–Crippen MR) is 101 cm³/mol. The van der Waals surface area contributed by atoms with Crippen LogP contribution in [0.5, 0.6) is 0 Å². The first-order chi connectivity index (χ1) is 12.0. The monoisotopic (exact) mass is 399 g/mol. The Morgan fingerprint density at radius 1 is 1.12 bits per heavy atom. The lowest BCUT2D eigenvalue weighted by molar-refractivity contribution is -0.113. The fourth-order valence-electron chi connectivity index (χ4n) is 2.76. The second-order valence-corrected chi connectivity index (χ2v) is 6.73. The Balaban J connectivity index is 1.97. The van der Waals surface area contributed by atoms with Gasteiger partial charge in [0.25, 0.3) is 5.91 Å². The van der Waals surface area contributed by atoms with Gasteiger partial charge in [-0.15, -0.1) is 0 Å². The second-order valence-electron chi connectivity index (χ2n) is 5.81. The molecule has 128 valence electrons. The molecule has 1 heterocycles. The lowest BCUT2D eigenvalue weighted by atomic mass is 9.94. The molecule has 6 heteroatoms. The SMILES string of the molecule is CC1=C(C(=O)Nc2ccc(Br)cc2)C(c2ccccc2)NC(=O)N1C. The van der Waals surface area contributed by atoms with E-state index in [1.54, 1.807) is 14.0 Å². The second kappa shape index (κ2) is 7.11. The van der Waals surface area contributed by atoms with E-state index >= 15 is 0 Å². The number of carbonyl (C=O) groups excluding carboxylic acids is 2. The van der Waals surface area contributed by atoms with Crippen molar-refractivity contribution in [3.63, 3.8) is 0 Å². The Morgan fingerprint density at radius 3 is 2.40 bits per heavy atom. The first kappa shape index (κ1) is 17.2. The van der Waals surface area contributed by atoms with E-state index in [1.165, 1.54) is 4.90 Å². The first-order valence-electron chi connectivity index (χ1n) is 7.84. The highest BCUT2D eigenvalue weighted by Gasteiger charge is 2.33. The molecule has 2 aromatic rings. The zero-order chi connectivity index (χ0) is 18.0. The van der Waals surface area contributed by atoms with Gasteiger partial charge in [-0.25, -0.2) is 4.79 Å². The maximum atomic E-state index is 12.9. The molecule has 1 atom stereocenters. The highest BCUT2D eigenvalue weighted by Crippen LogP contribution is 2.30. The normalized spacial score (nSPS) is 17.3. The van der Waals surface area contributed by atoms with E-state index in [0.717, 1.165) is 10.0 Å². The third-order valence-corrected chi connectivity index (χ3v) is 4.76. The van der Waals surface area contributed by atoms with Crippen molar-refractivity contribution in [2.75, 3.05) is 12.4 Å². The van der Waals surface area contributed by atoms with Gasteiger partial charge in [0.1, 0.15) is 0 Å². The van der Waals surface area contributed by atoms with Crippen molar-refractivity contribution in [1.29, 1.82) is 0 Å². The molecule has 2 N–H and O–H groups in total. The van der Waals surface area contributed by atoms with Crippen molar-refractivity contribution >= 4 is 33.6 Å². The predicted octanol–water partition coefficient (Wildman–Crippen LogP) is 4.06. The Labute approximate surface area is 154 Å². The van der Waals surface area contributed by atoms with Crippen LogP contribution in [0.2, 0.25) is 0 Å². The molecule has 0 aromatic heterocycles. The summed E-state index contributed by atoms with van der Waals surface area (Å²) in [6.07, 6.45) is 0. The first-order valence-corrected chi connectivity index (χ1v) is 8.63. The van der Waals surface area contributed by atoms with Gasteiger partial charge in [-0.2, -0.15) is 0 Å². The van der Waals surface area contributed by atoms with Gasteiger partial charge in [-0.1, -0.05) is 46.3 Å². The number of halogens is 1. The minimum absolute atomic E-state index is 0.230. The van der Waals surface area contributed by atoms with Gasteiger partial charge in [-0.05, 0) is 36.8 Å². The van der Waals surface area contributed by atoms with E-state index in [1.807, 2.05) is 54.6 Å². The summed E-state index contributed by atoms with van der Waals surface area (Å²) in [6, 6.07) is 16.1. The van der Waals surface area contributed by atoms with Gasteiger partial charge in [0, 0.05) is 22.9 Å². The molecule has 0 bridgehead atoms. The standard InChI is InChI=1S/C19H18BrN3O2/c1-12-16(18(24)21-15-10-8-14(20)9-11-15)17(22-19(25)23(12)2)13-6-4-3-5-7-13/h3-11,17H,1-2H3,(H,21,24)(H,22,25). The van der Waals surface area contributed by atoms with Crippen LogP contribution in [0.1, 0.15) is 18.5 Å². The molecular formula is C19H18BrN3O2. The quantitative estimate of drug-likeness (QED) is 0.817. The number of hydrogen-bond acceptors (Lipinski definition) is 2. The number of carbonyl (C=O) groups is 2. The molecule has 0 saturated carbocycles. The summed E-state index contributed by atoms with van der Waals surface area (Å²) >= 11 is 3.38. The third kappa shape index (κ3) is 3.58. The van der Waals surface area contributed by atoms with E-state index in [9.17, 15) is 9.59 Å². The van der Waals surface area contributed by atoms with Gasteiger partial charge >= 0.3 is 6.03 Å². The van der Waals surface area contributed by atoms with Crippen LogP contribution in [0.15, 0.2) is 70.3 Å². The van der Waals surface area contributed by atoms with Gasteiger partial charge in [0.05, 0.1) is 11.6 Å². The number of anilines is 1. The number of nitrogens with one attached hydrogen (secondary N) is 2. The van der Waals surface area contributed by atoms with Gasteiger partial charge in [0.15, 0.2) is 0 Å². The molecule has 0 spiro atoms. The van der Waals surface area contributed by atoms with Crippen LogP contribution in [0.25, 0.3) is 0 Å². The number of allylic oxidation sites excluding steroid dienone is 1. The summed E-state index contributed by atoms with van der Waals surface area (Å²) in [5.74, 6) is -0.236. The molecule has 2 aromatic carbocycles. The molecule has 0 fully saturated rings. The van der Waals surface area contributed by atoms with Crippen LogP contribution in [0.3, 0.4) is 0 Å². The van der Waals surface area contributed by atoms with Crippen LogP contribution in [-0.2, 0) is 4.79 Å². The van der Waals surface area contributed by atoms with Crippen LogP contribution >= 0.6 is 15.9 Å². The number of nitrogens with zero attached hydrogens (tertiary/aromatic N) is 1. The Kier molecular flexibility index (Phi) is 4.90. The van der Waals surface area contributed by atoms with Crippen molar-refractivity contribution in [2.24, 2.45) is 0 Å². The van der Waals surface area contributed by atoms with Crippen molar-refractivity contribution in [3.05, 3.63) is 75.9 Å². The number of urea groups is 1. The van der Waals surface area contributed by atoms with E-state index in [4.69, 9.17) is 0 Å². The van der Waals surface area contributed by atoms with Crippen molar-refractivity contribution in [1.82, 2.24) is 10.2 Å². The average molecular weight is 400 g/mol. The van der Waals surface area contributed by atoms with Gasteiger partial charge < -0.3 is 15.5 Å². The van der Waals surface area contributed by atoms with Crippen LogP contribution in [-0.4, -0.2) is 23.9 Å². The molecule has 25 heavy (non-hydrogen) atoms. The summed E-state index contributed by atoms with van der Waals surface area (Å²) in [7, 11) is 1.65. The molecule has 3 rings (SSSR count). The maximum absolute atomic E-state index is 12.9. The summed E-state index contributed by atoms with van der Waals surface area (Å²) in [6.45, 7) is 1.78. The van der Waals surface area contributed by atoms with E-state index in [2.05, 4.69) is 26.6 Å². The topological polar surface area (TPSA) is 61.4 Å². The molecule has 0 aliphatic carbocycles. The van der Waals surface area contributed by atoms with Crippen LogP contribution < -0.4 is 10.6 Å². The fraction of sp³-hybridized carbons (Fsp3) is 0.158. The molecular weight excluding hydrogens is 382 g/mol. The molecule has 1 aliphatic rings. The number of rotatable bonds is 3. The Morgan fingerprint density at radius 2 is 1.76 bits per heavy atom. The minimum atomic E-state index is -0.486. The highest BCUT2D eigenvalue weighted by atomic mass is 79.9. The highest BCUT2D eigenvalue weighted by molar-refractivity contribution is 9.10. The fourth-order valence-corrected chi connectivity index (χ4v) is 3.02. The molecule has 5 nitrogen and oxygen atoms in total. The smallest absolute Gasteiger partial charge is 0.322 e. The summed E-state index contributed by atoms with van der Waals surface area (Å²) in [4.78, 5) is 26.6. The van der Waals surface area contributed by atoms with E-state index in [-0.39, 0.29) is 11.9 Å². The molecule has 0 saturated heterocycles. The average Bonchev–Trinajstić information content (AvgIpc) is 2.62. The van der Waals surface area contributed by atoms with Crippen molar-refractivity contribution < 1.29 is 9.59 Å².